The number of nitrogens with one attached hydrogen (secondary N) is 1. The number of ether oxygens (including phenoxy) is 2. The predicted molar refractivity (Wildman–Crippen MR) is 91.3 cm³/mol. The Hall–Kier alpha value is -2.60. The topological polar surface area (TPSA) is 68.9 Å². The van der Waals surface area contributed by atoms with E-state index >= 15 is 0 Å². The Morgan fingerprint density at radius 3 is 2.68 bits per heavy atom. The van der Waals surface area contributed by atoms with Crippen molar-refractivity contribution in [1.29, 1.82) is 0 Å². The molecule has 22 heavy (non-hydrogen) atoms. The fourth-order valence-electron chi connectivity index (χ4n) is 1.79. The Kier molecular flexibility index (Phi) is 5.73. The molecule has 2 rings (SSSR count). The fraction of sp³-hybridized carbons (Fsp3) is 0.125. The summed E-state index contributed by atoms with van der Waals surface area (Å²) in [6, 6.07) is 15.5. The van der Waals surface area contributed by atoms with Crippen LogP contribution < -0.4 is 20.6 Å². The van der Waals surface area contributed by atoms with Crippen molar-refractivity contribution in [3.8, 4) is 11.5 Å². The Labute approximate surface area is 134 Å². The van der Waals surface area contributed by atoms with E-state index in [0.717, 1.165) is 11.1 Å². The van der Waals surface area contributed by atoms with Gasteiger partial charge in [-0.2, -0.15) is 5.10 Å². The molecule has 0 amide bonds. The van der Waals surface area contributed by atoms with Gasteiger partial charge in [-0.25, -0.2) is 0 Å². The highest BCUT2D eigenvalue weighted by atomic mass is 32.1. The maximum absolute atomic E-state index is 5.79. The minimum Gasteiger partial charge on any atom is -0.493 e. The fourth-order valence-corrected chi connectivity index (χ4v) is 1.84. The molecule has 0 saturated heterocycles. The van der Waals surface area contributed by atoms with Crippen molar-refractivity contribution in [3.05, 3.63) is 59.7 Å². The summed E-state index contributed by atoms with van der Waals surface area (Å²) in [5.41, 5.74) is 9.73. The molecule has 5 nitrogen and oxygen atoms in total. The quantitative estimate of drug-likeness (QED) is 0.487. The number of nitrogens with zero attached hydrogens (tertiary/aromatic N) is 1. The third kappa shape index (κ3) is 4.75. The van der Waals surface area contributed by atoms with E-state index < -0.39 is 0 Å². The van der Waals surface area contributed by atoms with Crippen LogP contribution in [0.25, 0.3) is 0 Å². The van der Waals surface area contributed by atoms with Gasteiger partial charge in [0.15, 0.2) is 16.6 Å². The van der Waals surface area contributed by atoms with Gasteiger partial charge >= 0.3 is 0 Å². The number of hydrogen-bond acceptors (Lipinski definition) is 4. The Morgan fingerprint density at radius 2 is 2.00 bits per heavy atom. The molecule has 0 radical (unpaired) electrons. The minimum atomic E-state index is 0.117. The molecule has 114 valence electrons. The molecule has 0 aliphatic rings. The third-order valence-electron chi connectivity index (χ3n) is 2.81. The molecule has 0 aromatic heterocycles. The number of hydrazone groups is 1. The molecule has 0 unspecified atom stereocenters. The average Bonchev–Trinajstić information content (AvgIpc) is 2.54. The molecule has 2 aromatic carbocycles. The van der Waals surface area contributed by atoms with Crippen LogP contribution in [0.2, 0.25) is 0 Å². The molecule has 0 aliphatic heterocycles. The zero-order valence-electron chi connectivity index (χ0n) is 12.2. The molecular formula is C16H17N3O2S. The molecule has 0 fully saturated rings. The third-order valence-corrected chi connectivity index (χ3v) is 2.90. The summed E-state index contributed by atoms with van der Waals surface area (Å²) >= 11 is 4.67. The normalized spacial score (nSPS) is 10.4. The van der Waals surface area contributed by atoms with Gasteiger partial charge in [-0.15, -0.1) is 0 Å². The van der Waals surface area contributed by atoms with Gasteiger partial charge in [-0.3, -0.25) is 5.43 Å². The summed E-state index contributed by atoms with van der Waals surface area (Å²) in [7, 11) is 1.60. The molecule has 0 aliphatic carbocycles. The Balaban J connectivity index is 2.05. The highest BCUT2D eigenvalue weighted by molar-refractivity contribution is 7.80. The van der Waals surface area contributed by atoms with Crippen molar-refractivity contribution in [3.63, 3.8) is 0 Å². The minimum absolute atomic E-state index is 0.117. The summed E-state index contributed by atoms with van der Waals surface area (Å²) in [6.07, 6.45) is 1.60. The summed E-state index contributed by atoms with van der Waals surface area (Å²) in [6.45, 7) is 0.480. The lowest BCUT2D eigenvalue weighted by Crippen LogP contribution is -2.23. The smallest absolute Gasteiger partial charge is 0.184 e. The summed E-state index contributed by atoms with van der Waals surface area (Å²) in [5, 5.41) is 4.02. The first-order chi connectivity index (χ1) is 10.7. The Morgan fingerprint density at radius 1 is 1.23 bits per heavy atom. The molecule has 6 heteroatoms. The number of methoxy groups -OCH3 is 1. The first kappa shape index (κ1) is 15.8. The van der Waals surface area contributed by atoms with Gasteiger partial charge in [0.1, 0.15) is 6.61 Å². The summed E-state index contributed by atoms with van der Waals surface area (Å²) in [4.78, 5) is 0. The maximum Gasteiger partial charge on any atom is 0.184 e. The molecule has 0 saturated carbocycles. The van der Waals surface area contributed by atoms with Gasteiger partial charge in [-0.05, 0) is 41.5 Å². The molecule has 0 atom stereocenters. The lowest BCUT2D eigenvalue weighted by Gasteiger charge is -2.11. The van der Waals surface area contributed by atoms with Crippen LogP contribution in [-0.4, -0.2) is 18.4 Å². The van der Waals surface area contributed by atoms with E-state index in [-0.39, 0.29) is 5.11 Å². The zero-order valence-corrected chi connectivity index (χ0v) is 13.0. The van der Waals surface area contributed by atoms with Gasteiger partial charge in [0.25, 0.3) is 0 Å². The van der Waals surface area contributed by atoms with Crippen LogP contribution in [0.5, 0.6) is 11.5 Å². The second-order valence-corrected chi connectivity index (χ2v) is 4.86. The second-order valence-electron chi connectivity index (χ2n) is 4.42. The highest BCUT2D eigenvalue weighted by Gasteiger charge is 2.05. The lowest BCUT2D eigenvalue weighted by molar-refractivity contribution is 0.284. The predicted octanol–water partition coefficient (Wildman–Crippen LogP) is 2.44. The van der Waals surface area contributed by atoms with E-state index in [2.05, 4.69) is 22.7 Å². The van der Waals surface area contributed by atoms with Gasteiger partial charge < -0.3 is 15.2 Å². The molecule has 0 spiro atoms. The first-order valence-electron chi connectivity index (χ1n) is 6.62. The van der Waals surface area contributed by atoms with Gasteiger partial charge in [0.05, 0.1) is 13.3 Å². The van der Waals surface area contributed by atoms with Gasteiger partial charge in [0, 0.05) is 0 Å². The molecule has 0 heterocycles. The summed E-state index contributed by atoms with van der Waals surface area (Å²) in [5.74, 6) is 1.31. The number of benzene rings is 2. The van der Waals surface area contributed by atoms with E-state index in [9.17, 15) is 0 Å². The lowest BCUT2D eigenvalue weighted by atomic mass is 10.2. The maximum atomic E-state index is 5.79. The van der Waals surface area contributed by atoms with Crippen LogP contribution in [-0.2, 0) is 6.61 Å². The van der Waals surface area contributed by atoms with Gasteiger partial charge in [0.2, 0.25) is 0 Å². The van der Waals surface area contributed by atoms with Crippen molar-refractivity contribution in [2.75, 3.05) is 7.11 Å². The van der Waals surface area contributed by atoms with Crippen molar-refractivity contribution in [2.24, 2.45) is 10.8 Å². The largest absolute Gasteiger partial charge is 0.493 e. The monoisotopic (exact) mass is 315 g/mol. The molecule has 0 bridgehead atoms. The van der Waals surface area contributed by atoms with Crippen molar-refractivity contribution < 1.29 is 9.47 Å². The molecule has 3 N–H and O–H groups in total. The van der Waals surface area contributed by atoms with Crippen LogP contribution in [0, 0.1) is 0 Å². The van der Waals surface area contributed by atoms with E-state index in [1.54, 1.807) is 13.3 Å². The summed E-state index contributed by atoms with van der Waals surface area (Å²) < 4.78 is 11.1. The van der Waals surface area contributed by atoms with E-state index in [4.69, 9.17) is 15.2 Å². The number of hydrogen-bond donors (Lipinski definition) is 2. The molecule has 2 aromatic rings. The van der Waals surface area contributed by atoms with E-state index in [1.165, 1.54) is 0 Å². The Bertz CT molecular complexity index is 660. The molecular weight excluding hydrogens is 298 g/mol. The van der Waals surface area contributed by atoms with Crippen molar-refractivity contribution in [1.82, 2.24) is 5.43 Å². The standard InChI is InChI=1S/C16H17N3O2S/c1-20-15-9-13(10-18-19-16(17)22)7-8-14(15)21-11-12-5-3-2-4-6-12/h2-10H,11H2,1H3,(H3,17,19,22)/b18-10-. The van der Waals surface area contributed by atoms with E-state index in [0.29, 0.717) is 18.1 Å². The number of rotatable bonds is 6. The number of nitrogens with two attached hydrogens (primary N) is 1. The number of thiocarbonyl (C=S) groups is 1. The zero-order chi connectivity index (χ0) is 15.8. The second kappa shape index (κ2) is 7.99. The van der Waals surface area contributed by atoms with Crippen LogP contribution in [0.4, 0.5) is 0 Å². The van der Waals surface area contributed by atoms with Gasteiger partial charge in [-0.1, -0.05) is 30.3 Å². The van der Waals surface area contributed by atoms with Crippen LogP contribution in [0.1, 0.15) is 11.1 Å². The highest BCUT2D eigenvalue weighted by Crippen LogP contribution is 2.28. The van der Waals surface area contributed by atoms with Crippen molar-refractivity contribution in [2.45, 2.75) is 6.61 Å². The van der Waals surface area contributed by atoms with Crippen molar-refractivity contribution >= 4 is 23.5 Å². The average molecular weight is 315 g/mol. The van der Waals surface area contributed by atoms with Crippen LogP contribution in [0.3, 0.4) is 0 Å². The van der Waals surface area contributed by atoms with Crippen LogP contribution >= 0.6 is 12.2 Å². The SMILES string of the molecule is COc1cc(/C=N\NC(N)=S)ccc1OCc1ccccc1. The van der Waals surface area contributed by atoms with E-state index in [1.807, 2.05) is 48.5 Å². The van der Waals surface area contributed by atoms with Crippen LogP contribution in [0.15, 0.2) is 53.6 Å². The first-order valence-corrected chi connectivity index (χ1v) is 7.03.